The van der Waals surface area contributed by atoms with E-state index in [1.165, 1.54) is 11.3 Å². The van der Waals surface area contributed by atoms with E-state index in [9.17, 15) is 4.79 Å². The summed E-state index contributed by atoms with van der Waals surface area (Å²) in [7, 11) is 1.75. The number of rotatable bonds is 4. The van der Waals surface area contributed by atoms with Crippen LogP contribution in [0.4, 0.5) is 0 Å². The second-order valence-electron chi connectivity index (χ2n) is 5.37. The van der Waals surface area contributed by atoms with Gasteiger partial charge in [0.15, 0.2) is 10.8 Å². The molecule has 0 bridgehead atoms. The van der Waals surface area contributed by atoms with Gasteiger partial charge in [-0.2, -0.15) is 0 Å². The van der Waals surface area contributed by atoms with Crippen LogP contribution in [0.3, 0.4) is 0 Å². The molecule has 0 aliphatic carbocycles. The van der Waals surface area contributed by atoms with Gasteiger partial charge in [-0.25, -0.2) is 4.98 Å². The summed E-state index contributed by atoms with van der Waals surface area (Å²) in [5.74, 6) is 1.27. The largest absolute Gasteiger partial charge is 0.462 e. The van der Waals surface area contributed by atoms with Gasteiger partial charge in [-0.1, -0.05) is 5.16 Å². The Morgan fingerprint density at radius 3 is 2.74 bits per heavy atom. The Morgan fingerprint density at radius 2 is 2.13 bits per heavy atom. The van der Waals surface area contributed by atoms with Gasteiger partial charge in [0, 0.05) is 17.5 Å². The van der Waals surface area contributed by atoms with Crippen LogP contribution in [0.2, 0.25) is 0 Å². The minimum Gasteiger partial charge on any atom is -0.462 e. The molecule has 0 radical (unpaired) electrons. The van der Waals surface area contributed by atoms with Gasteiger partial charge in [-0.15, -0.1) is 11.3 Å². The van der Waals surface area contributed by atoms with Gasteiger partial charge in [-0.05, 0) is 32.9 Å². The molecule has 0 fully saturated rings. The monoisotopic (exact) mass is 331 g/mol. The van der Waals surface area contributed by atoms with Gasteiger partial charge < -0.3 is 13.8 Å². The van der Waals surface area contributed by atoms with Crippen LogP contribution in [-0.2, 0) is 6.54 Å². The summed E-state index contributed by atoms with van der Waals surface area (Å²) < 4.78 is 10.5. The number of nitrogens with zero attached hydrogens (tertiary/aromatic N) is 3. The predicted molar refractivity (Wildman–Crippen MR) is 86.3 cm³/mol. The number of aromatic nitrogens is 2. The van der Waals surface area contributed by atoms with E-state index in [2.05, 4.69) is 10.1 Å². The molecule has 0 saturated heterocycles. The van der Waals surface area contributed by atoms with Gasteiger partial charge >= 0.3 is 0 Å². The van der Waals surface area contributed by atoms with Crippen molar-refractivity contribution in [2.24, 2.45) is 0 Å². The summed E-state index contributed by atoms with van der Waals surface area (Å²) in [5.41, 5.74) is 2.18. The summed E-state index contributed by atoms with van der Waals surface area (Å²) in [4.78, 5) is 19.6. The van der Waals surface area contributed by atoms with Crippen LogP contribution >= 0.6 is 11.3 Å². The highest BCUT2D eigenvalue weighted by atomic mass is 32.1. The van der Waals surface area contributed by atoms with E-state index in [-0.39, 0.29) is 5.91 Å². The van der Waals surface area contributed by atoms with Crippen molar-refractivity contribution in [2.75, 3.05) is 7.05 Å². The van der Waals surface area contributed by atoms with E-state index in [1.54, 1.807) is 24.3 Å². The van der Waals surface area contributed by atoms with E-state index < -0.39 is 0 Å². The fraction of sp³-hybridized carbons (Fsp3) is 0.312. The van der Waals surface area contributed by atoms with Crippen molar-refractivity contribution in [1.82, 2.24) is 15.0 Å². The molecule has 120 valence electrons. The first-order chi connectivity index (χ1) is 11.0. The van der Waals surface area contributed by atoms with E-state index >= 15 is 0 Å². The average molecular weight is 331 g/mol. The molecule has 0 saturated carbocycles. The number of furan rings is 1. The minimum absolute atomic E-state index is 0.128. The zero-order valence-electron chi connectivity index (χ0n) is 13.4. The molecule has 6 nitrogen and oxygen atoms in total. The summed E-state index contributed by atoms with van der Waals surface area (Å²) in [6.07, 6.45) is 1.59. The lowest BCUT2D eigenvalue weighted by Crippen LogP contribution is -2.27. The van der Waals surface area contributed by atoms with E-state index in [0.29, 0.717) is 23.0 Å². The standard InChI is InChI=1S/C16H17N3O3S/c1-9-12(10(2)22-18-9)8-19(4)16(20)14-11(3)23-15(17-14)13-6-5-7-21-13/h5-7H,8H2,1-4H3. The first kappa shape index (κ1) is 15.5. The molecule has 0 aliphatic heterocycles. The van der Waals surface area contributed by atoms with Crippen molar-refractivity contribution in [3.8, 4) is 10.8 Å². The van der Waals surface area contributed by atoms with Gasteiger partial charge in [-0.3, -0.25) is 4.79 Å². The van der Waals surface area contributed by atoms with Crippen LogP contribution in [0.15, 0.2) is 27.3 Å². The fourth-order valence-electron chi connectivity index (χ4n) is 2.32. The number of hydrogen-bond acceptors (Lipinski definition) is 6. The lowest BCUT2D eigenvalue weighted by molar-refractivity contribution is 0.0779. The van der Waals surface area contributed by atoms with Crippen molar-refractivity contribution >= 4 is 17.2 Å². The van der Waals surface area contributed by atoms with E-state index in [4.69, 9.17) is 8.94 Å². The van der Waals surface area contributed by atoms with Crippen molar-refractivity contribution in [2.45, 2.75) is 27.3 Å². The first-order valence-electron chi connectivity index (χ1n) is 7.16. The maximum atomic E-state index is 12.7. The van der Waals surface area contributed by atoms with Gasteiger partial charge in [0.25, 0.3) is 5.91 Å². The smallest absolute Gasteiger partial charge is 0.273 e. The fourth-order valence-corrected chi connectivity index (χ4v) is 3.19. The Labute approximate surface area is 137 Å². The van der Waals surface area contributed by atoms with E-state index in [1.807, 2.05) is 26.8 Å². The highest BCUT2D eigenvalue weighted by Gasteiger charge is 2.22. The van der Waals surface area contributed by atoms with Crippen molar-refractivity contribution in [3.05, 3.63) is 46.0 Å². The summed E-state index contributed by atoms with van der Waals surface area (Å²) in [5, 5.41) is 4.63. The van der Waals surface area contributed by atoms with Crippen molar-refractivity contribution in [1.29, 1.82) is 0 Å². The normalized spacial score (nSPS) is 11.0. The van der Waals surface area contributed by atoms with Gasteiger partial charge in [0.1, 0.15) is 11.5 Å². The van der Waals surface area contributed by atoms with Crippen LogP contribution < -0.4 is 0 Å². The predicted octanol–water partition coefficient (Wildman–Crippen LogP) is 3.59. The lowest BCUT2D eigenvalue weighted by atomic mass is 10.2. The molecule has 3 heterocycles. The molecular formula is C16H17N3O3S. The number of hydrogen-bond donors (Lipinski definition) is 0. The highest BCUT2D eigenvalue weighted by molar-refractivity contribution is 7.15. The summed E-state index contributed by atoms with van der Waals surface area (Å²) >= 11 is 1.45. The van der Waals surface area contributed by atoms with Crippen molar-refractivity contribution < 1.29 is 13.7 Å². The topological polar surface area (TPSA) is 72.4 Å². The second-order valence-corrected chi connectivity index (χ2v) is 6.57. The Morgan fingerprint density at radius 1 is 1.35 bits per heavy atom. The second kappa shape index (κ2) is 6.00. The molecule has 1 amide bonds. The molecular weight excluding hydrogens is 314 g/mol. The average Bonchev–Trinajstić information content (AvgIpc) is 3.23. The summed E-state index contributed by atoms with van der Waals surface area (Å²) in [6, 6.07) is 3.64. The molecule has 0 aromatic carbocycles. The molecule has 0 atom stereocenters. The van der Waals surface area contributed by atoms with Crippen LogP contribution in [0.1, 0.15) is 32.4 Å². The van der Waals surface area contributed by atoms with Gasteiger partial charge in [0.2, 0.25) is 0 Å². The lowest BCUT2D eigenvalue weighted by Gasteiger charge is -2.16. The molecule has 3 rings (SSSR count). The maximum Gasteiger partial charge on any atom is 0.273 e. The Bertz CT molecular complexity index is 814. The van der Waals surface area contributed by atoms with Crippen molar-refractivity contribution in [3.63, 3.8) is 0 Å². The van der Waals surface area contributed by atoms with Crippen LogP contribution in [0.25, 0.3) is 10.8 Å². The third-order valence-corrected chi connectivity index (χ3v) is 4.64. The molecule has 3 aromatic heterocycles. The van der Waals surface area contributed by atoms with Crippen LogP contribution in [-0.4, -0.2) is 28.0 Å². The highest BCUT2D eigenvalue weighted by Crippen LogP contribution is 2.28. The quantitative estimate of drug-likeness (QED) is 0.730. The van der Waals surface area contributed by atoms with Crippen LogP contribution in [0, 0.1) is 20.8 Å². The first-order valence-corrected chi connectivity index (χ1v) is 7.97. The van der Waals surface area contributed by atoms with Gasteiger partial charge in [0.05, 0.1) is 18.5 Å². The Balaban J connectivity index is 1.83. The number of aryl methyl sites for hydroxylation is 3. The molecule has 0 unspecified atom stereocenters. The third kappa shape index (κ3) is 2.92. The zero-order valence-corrected chi connectivity index (χ0v) is 14.2. The zero-order chi connectivity index (χ0) is 16.6. The molecule has 0 spiro atoms. The SMILES string of the molecule is Cc1noc(C)c1CN(C)C(=O)c1nc(-c2ccco2)sc1C. The van der Waals surface area contributed by atoms with Crippen LogP contribution in [0.5, 0.6) is 0 Å². The molecule has 0 aliphatic rings. The molecule has 23 heavy (non-hydrogen) atoms. The number of carbonyl (C=O) groups excluding carboxylic acids is 1. The number of amides is 1. The molecule has 3 aromatic rings. The Hall–Kier alpha value is -2.41. The van der Waals surface area contributed by atoms with E-state index in [0.717, 1.165) is 21.9 Å². The minimum atomic E-state index is -0.128. The third-order valence-electron chi connectivity index (χ3n) is 3.65. The molecule has 0 N–H and O–H groups in total. The summed E-state index contributed by atoms with van der Waals surface area (Å²) in [6.45, 7) is 6.04. The number of carbonyl (C=O) groups is 1. The molecule has 7 heteroatoms. The Kier molecular flexibility index (Phi) is 4.04. The maximum absolute atomic E-state index is 12.7. The number of thiazole rings is 1.